The number of nitrogens with zero attached hydrogens (tertiary/aromatic N) is 5. The van der Waals surface area contributed by atoms with Crippen LogP contribution in [-0.4, -0.2) is 66.8 Å². The van der Waals surface area contributed by atoms with Crippen LogP contribution in [0.25, 0.3) is 20.9 Å². The molecule has 0 spiro atoms. The van der Waals surface area contributed by atoms with Crippen LogP contribution < -0.4 is 5.32 Å². The number of carbonyl (C=O) groups excluding carboxylic acids is 1. The smallest absolute Gasteiger partial charge is 0.337 e. The number of thiophene rings is 1. The molecule has 0 bridgehead atoms. The van der Waals surface area contributed by atoms with Crippen LogP contribution >= 0.6 is 34.3 Å². The monoisotopic (exact) mass is 556 g/mol. The third kappa shape index (κ3) is 4.88. The lowest BCUT2D eigenvalue weighted by Gasteiger charge is -2.32. The molecule has 0 radical (unpaired) electrons. The van der Waals surface area contributed by atoms with Crippen molar-refractivity contribution in [2.75, 3.05) is 13.1 Å². The molecule has 1 saturated carbocycles. The van der Waals surface area contributed by atoms with E-state index >= 15 is 0 Å². The molecule has 1 saturated heterocycles. The highest BCUT2D eigenvalue weighted by molar-refractivity contribution is 7.23. The first-order chi connectivity index (χ1) is 17.9. The summed E-state index contributed by atoms with van der Waals surface area (Å²) in [7, 11) is 0. The zero-order chi connectivity index (χ0) is 25.7. The zero-order valence-electron chi connectivity index (χ0n) is 20.1. The average molecular weight is 557 g/mol. The minimum atomic E-state index is -1.08. The Balaban J connectivity index is 1.33. The van der Waals surface area contributed by atoms with Gasteiger partial charge in [-0.05, 0) is 56.4 Å². The van der Waals surface area contributed by atoms with E-state index in [1.165, 1.54) is 41.6 Å². The number of halogens is 1. The number of hydrogen-bond donors (Lipinski definition) is 2. The van der Waals surface area contributed by atoms with Crippen LogP contribution in [0.3, 0.4) is 0 Å². The fourth-order valence-electron chi connectivity index (χ4n) is 4.99. The Labute approximate surface area is 226 Å². The van der Waals surface area contributed by atoms with Gasteiger partial charge in [0.2, 0.25) is 0 Å². The first-order valence-corrected chi connectivity index (χ1v) is 14.2. The molecule has 9 nitrogen and oxygen atoms in total. The van der Waals surface area contributed by atoms with Gasteiger partial charge in [-0.25, -0.2) is 9.78 Å². The SMILES string of the molecule is Cc1ccc(C(=O)O)c2nc(C(=O)NC3CCN(C4CC4)CC3)n(Cc3nnc(-c4ccc(Cl)s4)s3)c12. The number of rotatable bonds is 7. The molecule has 0 atom stereocenters. The van der Waals surface area contributed by atoms with Gasteiger partial charge in [-0.2, -0.15) is 0 Å². The summed E-state index contributed by atoms with van der Waals surface area (Å²) in [4.78, 5) is 33.5. The molecule has 1 aromatic carbocycles. The van der Waals surface area contributed by atoms with Crippen LogP contribution in [0.4, 0.5) is 0 Å². The lowest BCUT2D eigenvalue weighted by molar-refractivity contribution is 0.0698. The van der Waals surface area contributed by atoms with Crippen molar-refractivity contribution in [1.82, 2.24) is 30.0 Å². The number of carbonyl (C=O) groups is 2. The zero-order valence-corrected chi connectivity index (χ0v) is 22.5. The molecule has 12 heteroatoms. The highest BCUT2D eigenvalue weighted by atomic mass is 35.5. The van der Waals surface area contributed by atoms with Gasteiger partial charge in [-0.1, -0.05) is 29.0 Å². The van der Waals surface area contributed by atoms with Gasteiger partial charge in [0.1, 0.15) is 10.5 Å². The summed E-state index contributed by atoms with van der Waals surface area (Å²) in [5.74, 6) is -1.19. The van der Waals surface area contributed by atoms with Gasteiger partial charge in [0.25, 0.3) is 5.91 Å². The molecular weight excluding hydrogens is 532 g/mol. The third-order valence-corrected chi connectivity index (χ3v) is 9.31. The molecular formula is C25H25ClN6O3S2. The standard InChI is InChI=1S/C25H25ClN6O3S2/c1-13-2-5-16(25(34)35)20-21(13)32(12-19-29-30-24(37-19)17-6-7-18(26)36-17)22(28-20)23(33)27-14-8-10-31(11-9-14)15-3-4-15/h2,5-7,14-15H,3-4,8-12H2,1H3,(H,27,33)(H,34,35). The Hall–Kier alpha value is -2.86. The van der Waals surface area contributed by atoms with E-state index in [1.54, 1.807) is 10.6 Å². The quantitative estimate of drug-likeness (QED) is 0.340. The lowest BCUT2D eigenvalue weighted by atomic mass is 10.0. The van der Waals surface area contributed by atoms with Crippen LogP contribution in [0.1, 0.15) is 57.2 Å². The van der Waals surface area contributed by atoms with Gasteiger partial charge in [0, 0.05) is 25.2 Å². The Bertz CT molecular complexity index is 1500. The molecule has 1 aliphatic carbocycles. The third-order valence-electron chi connectivity index (χ3n) is 7.00. The molecule has 2 N–H and O–H groups in total. The minimum Gasteiger partial charge on any atom is -0.478 e. The number of nitrogens with one attached hydrogen (secondary N) is 1. The van der Waals surface area contributed by atoms with Gasteiger partial charge in [0.15, 0.2) is 10.8 Å². The van der Waals surface area contributed by atoms with E-state index in [9.17, 15) is 14.7 Å². The van der Waals surface area contributed by atoms with Crippen molar-refractivity contribution in [3.8, 4) is 9.88 Å². The fourth-order valence-corrected chi connectivity index (χ4v) is 6.91. The van der Waals surface area contributed by atoms with Gasteiger partial charge in [-0.3, -0.25) is 4.79 Å². The van der Waals surface area contributed by atoms with Crippen LogP contribution in [-0.2, 0) is 6.54 Å². The molecule has 4 aromatic rings. The summed E-state index contributed by atoms with van der Waals surface area (Å²) in [5, 5.41) is 23.0. The molecule has 2 fully saturated rings. The summed E-state index contributed by atoms with van der Waals surface area (Å²) in [6.45, 7) is 4.10. The Kier molecular flexibility index (Phi) is 6.47. The number of aryl methyl sites for hydroxylation is 1. The molecule has 6 rings (SSSR count). The van der Waals surface area contributed by atoms with Crippen molar-refractivity contribution in [3.63, 3.8) is 0 Å². The van der Waals surface area contributed by atoms with Gasteiger partial charge >= 0.3 is 5.97 Å². The summed E-state index contributed by atoms with van der Waals surface area (Å²) >= 11 is 8.93. The van der Waals surface area contributed by atoms with Gasteiger partial charge in [-0.15, -0.1) is 21.5 Å². The summed E-state index contributed by atoms with van der Waals surface area (Å²) < 4.78 is 2.45. The summed E-state index contributed by atoms with van der Waals surface area (Å²) in [6, 6.07) is 7.79. The van der Waals surface area contributed by atoms with E-state index in [0.29, 0.717) is 20.4 Å². The number of piperidine rings is 1. The van der Waals surface area contributed by atoms with E-state index in [2.05, 4.69) is 25.4 Å². The second-order valence-electron chi connectivity index (χ2n) is 9.57. The van der Waals surface area contributed by atoms with Crippen molar-refractivity contribution in [3.05, 3.63) is 50.6 Å². The Morgan fingerprint density at radius 3 is 2.57 bits per heavy atom. The summed E-state index contributed by atoms with van der Waals surface area (Å²) in [5.41, 5.74) is 1.82. The Morgan fingerprint density at radius 2 is 1.89 bits per heavy atom. The Morgan fingerprint density at radius 1 is 1.11 bits per heavy atom. The molecule has 4 heterocycles. The normalized spacial score (nSPS) is 16.9. The maximum atomic E-state index is 13.5. The second kappa shape index (κ2) is 9.79. The molecule has 2 aliphatic rings. The number of hydrogen-bond acceptors (Lipinski definition) is 8. The number of amides is 1. The predicted molar refractivity (Wildman–Crippen MR) is 144 cm³/mol. The maximum Gasteiger partial charge on any atom is 0.337 e. The van der Waals surface area contributed by atoms with E-state index in [0.717, 1.165) is 47.4 Å². The fraction of sp³-hybridized carbons (Fsp3) is 0.400. The van der Waals surface area contributed by atoms with Gasteiger partial charge < -0.3 is 19.9 Å². The van der Waals surface area contributed by atoms with Crippen molar-refractivity contribution < 1.29 is 14.7 Å². The van der Waals surface area contributed by atoms with Gasteiger partial charge in [0.05, 0.1) is 26.8 Å². The van der Waals surface area contributed by atoms with Crippen molar-refractivity contribution in [2.24, 2.45) is 0 Å². The number of aromatic carboxylic acids is 1. The number of carboxylic acids is 1. The highest BCUT2D eigenvalue weighted by Gasteiger charge is 2.33. The molecule has 37 heavy (non-hydrogen) atoms. The largest absolute Gasteiger partial charge is 0.478 e. The number of benzene rings is 1. The van der Waals surface area contributed by atoms with Crippen LogP contribution in [0, 0.1) is 6.92 Å². The molecule has 192 valence electrons. The number of aromatic nitrogens is 4. The van der Waals surface area contributed by atoms with Crippen LogP contribution in [0.15, 0.2) is 24.3 Å². The van der Waals surface area contributed by atoms with Crippen LogP contribution in [0.2, 0.25) is 4.34 Å². The minimum absolute atomic E-state index is 0.0625. The topological polar surface area (TPSA) is 113 Å². The number of fused-ring (bicyclic) bond motifs is 1. The van der Waals surface area contributed by atoms with Crippen molar-refractivity contribution in [2.45, 2.75) is 51.2 Å². The van der Waals surface area contributed by atoms with E-state index < -0.39 is 5.97 Å². The second-order valence-corrected chi connectivity index (χ2v) is 12.4. The molecule has 3 aromatic heterocycles. The first kappa shape index (κ1) is 24.5. The van der Waals surface area contributed by atoms with Crippen molar-refractivity contribution >= 4 is 57.2 Å². The lowest BCUT2D eigenvalue weighted by Crippen LogP contribution is -2.45. The molecule has 1 aliphatic heterocycles. The summed E-state index contributed by atoms with van der Waals surface area (Å²) in [6.07, 6.45) is 4.34. The molecule has 0 unspecified atom stereocenters. The van der Waals surface area contributed by atoms with E-state index in [4.69, 9.17) is 11.6 Å². The van der Waals surface area contributed by atoms with E-state index in [1.807, 2.05) is 19.1 Å². The highest BCUT2D eigenvalue weighted by Crippen LogP contribution is 2.34. The number of likely N-dealkylation sites (tertiary alicyclic amines) is 1. The first-order valence-electron chi connectivity index (χ1n) is 12.2. The number of carboxylic acid groups (broad SMARTS) is 1. The maximum absolute atomic E-state index is 13.5. The number of imidazole rings is 1. The van der Waals surface area contributed by atoms with Crippen molar-refractivity contribution in [1.29, 1.82) is 0 Å². The van der Waals surface area contributed by atoms with E-state index in [-0.39, 0.29) is 29.9 Å². The molecule has 1 amide bonds. The van der Waals surface area contributed by atoms with Crippen LogP contribution in [0.5, 0.6) is 0 Å². The average Bonchev–Trinajstić information content (AvgIpc) is 3.27. The predicted octanol–water partition coefficient (Wildman–Crippen LogP) is 4.68.